The van der Waals surface area contributed by atoms with Gasteiger partial charge in [0.2, 0.25) is 0 Å². The lowest BCUT2D eigenvalue weighted by Gasteiger charge is -2.06. The fourth-order valence-corrected chi connectivity index (χ4v) is 1.66. The van der Waals surface area contributed by atoms with Crippen molar-refractivity contribution in [2.45, 2.75) is 52.4 Å². The minimum absolute atomic E-state index is 0.191. The highest BCUT2D eigenvalue weighted by molar-refractivity contribution is 5.66. The van der Waals surface area contributed by atoms with E-state index in [0.29, 0.717) is 6.54 Å². The summed E-state index contributed by atoms with van der Waals surface area (Å²) in [5.41, 5.74) is 0. The summed E-state index contributed by atoms with van der Waals surface area (Å²) in [6, 6.07) is 0. The van der Waals surface area contributed by atoms with Gasteiger partial charge in [0, 0.05) is 19.8 Å². The number of unbranched alkanes of at least 4 members (excludes halogenated alkanes) is 2. The molecule has 0 aromatic rings. The zero-order chi connectivity index (χ0) is 13.6. The molecule has 0 fully saturated rings. The molecule has 0 rings (SSSR count). The van der Waals surface area contributed by atoms with Crippen LogP contribution < -0.4 is 5.32 Å². The Hall–Kier alpha value is -0.610. The number of hydrogen-bond donors (Lipinski definition) is 2. The summed E-state index contributed by atoms with van der Waals surface area (Å²) < 4.78 is 5.51. The Morgan fingerprint density at radius 1 is 1.11 bits per heavy atom. The Balaban J connectivity index is 2.97. The van der Waals surface area contributed by atoms with Gasteiger partial charge in [-0.3, -0.25) is 4.79 Å². The van der Waals surface area contributed by atoms with Crippen LogP contribution in [0.5, 0.6) is 0 Å². The van der Waals surface area contributed by atoms with Crippen LogP contribution in [0.25, 0.3) is 0 Å². The molecule has 0 aliphatic rings. The number of aliphatic carboxylic acids is 1. The standard InChI is InChI=1S/C14H29NO3/c1-13(2)7-4-3-5-11-18-12-6-9-15-10-8-14(16)17/h13,15H,3-12H2,1-2H3,(H,16,17). The largest absolute Gasteiger partial charge is 0.481 e. The van der Waals surface area contributed by atoms with E-state index in [1.165, 1.54) is 19.3 Å². The molecule has 0 aromatic carbocycles. The molecule has 108 valence electrons. The number of carbonyl (C=O) groups is 1. The van der Waals surface area contributed by atoms with E-state index >= 15 is 0 Å². The zero-order valence-corrected chi connectivity index (χ0v) is 11.9. The molecule has 2 N–H and O–H groups in total. The first-order chi connectivity index (χ1) is 8.63. The molecule has 18 heavy (non-hydrogen) atoms. The molecular formula is C14H29NO3. The third kappa shape index (κ3) is 15.4. The SMILES string of the molecule is CC(C)CCCCCOCCCNCCC(=O)O. The molecule has 0 unspecified atom stereocenters. The number of nitrogens with one attached hydrogen (secondary N) is 1. The van der Waals surface area contributed by atoms with Crippen LogP contribution in [0.15, 0.2) is 0 Å². The maximum Gasteiger partial charge on any atom is 0.304 e. The number of carboxylic acids is 1. The lowest BCUT2D eigenvalue weighted by Crippen LogP contribution is -2.20. The first-order valence-electron chi connectivity index (χ1n) is 7.13. The van der Waals surface area contributed by atoms with Gasteiger partial charge in [-0.2, -0.15) is 0 Å². The summed E-state index contributed by atoms with van der Waals surface area (Å²) in [5, 5.41) is 11.5. The molecule has 0 aromatic heterocycles. The van der Waals surface area contributed by atoms with E-state index < -0.39 is 5.97 Å². The first kappa shape index (κ1) is 17.4. The highest BCUT2D eigenvalue weighted by Crippen LogP contribution is 2.07. The second-order valence-electron chi connectivity index (χ2n) is 5.10. The van der Waals surface area contributed by atoms with Gasteiger partial charge in [0.15, 0.2) is 0 Å². The van der Waals surface area contributed by atoms with Gasteiger partial charge in [-0.25, -0.2) is 0 Å². The van der Waals surface area contributed by atoms with Crippen molar-refractivity contribution in [3.8, 4) is 0 Å². The van der Waals surface area contributed by atoms with Crippen LogP contribution in [0.1, 0.15) is 52.4 Å². The van der Waals surface area contributed by atoms with E-state index in [2.05, 4.69) is 19.2 Å². The summed E-state index contributed by atoms with van der Waals surface area (Å²) >= 11 is 0. The normalized spacial score (nSPS) is 11.1. The van der Waals surface area contributed by atoms with Gasteiger partial charge in [-0.05, 0) is 25.3 Å². The predicted octanol–water partition coefficient (Wildman–Crippen LogP) is 2.67. The smallest absolute Gasteiger partial charge is 0.304 e. The Kier molecular flexibility index (Phi) is 12.4. The van der Waals surface area contributed by atoms with E-state index in [0.717, 1.165) is 38.5 Å². The molecule has 0 aliphatic carbocycles. The third-order valence-electron chi connectivity index (χ3n) is 2.73. The summed E-state index contributed by atoms with van der Waals surface area (Å²) in [6.07, 6.45) is 6.17. The van der Waals surface area contributed by atoms with Crippen LogP contribution >= 0.6 is 0 Å². The van der Waals surface area contributed by atoms with Gasteiger partial charge >= 0.3 is 5.97 Å². The molecule has 4 nitrogen and oxygen atoms in total. The first-order valence-corrected chi connectivity index (χ1v) is 7.13. The quantitative estimate of drug-likeness (QED) is 0.499. The highest BCUT2D eigenvalue weighted by atomic mass is 16.5. The molecular weight excluding hydrogens is 230 g/mol. The zero-order valence-electron chi connectivity index (χ0n) is 11.9. The van der Waals surface area contributed by atoms with Crippen molar-refractivity contribution in [2.24, 2.45) is 5.92 Å². The molecule has 4 heteroatoms. The van der Waals surface area contributed by atoms with Crippen LogP contribution in [0.4, 0.5) is 0 Å². The van der Waals surface area contributed by atoms with Crippen LogP contribution in [0.3, 0.4) is 0 Å². The van der Waals surface area contributed by atoms with E-state index in [-0.39, 0.29) is 6.42 Å². The molecule has 0 radical (unpaired) electrons. The van der Waals surface area contributed by atoms with E-state index in [1.54, 1.807) is 0 Å². The second kappa shape index (κ2) is 12.8. The third-order valence-corrected chi connectivity index (χ3v) is 2.73. The summed E-state index contributed by atoms with van der Waals surface area (Å²) in [5.74, 6) is 0.0583. The molecule has 0 heterocycles. The number of hydrogen-bond acceptors (Lipinski definition) is 3. The Morgan fingerprint density at radius 3 is 2.50 bits per heavy atom. The van der Waals surface area contributed by atoms with Gasteiger partial charge < -0.3 is 15.2 Å². The minimum atomic E-state index is -0.750. The van der Waals surface area contributed by atoms with Crippen molar-refractivity contribution in [3.63, 3.8) is 0 Å². The lowest BCUT2D eigenvalue weighted by atomic mass is 10.1. The van der Waals surface area contributed by atoms with Crippen LogP contribution in [0, 0.1) is 5.92 Å². The average molecular weight is 259 g/mol. The monoisotopic (exact) mass is 259 g/mol. The predicted molar refractivity (Wildman–Crippen MR) is 73.9 cm³/mol. The molecule has 0 aliphatic heterocycles. The fourth-order valence-electron chi connectivity index (χ4n) is 1.66. The molecule has 0 saturated heterocycles. The van der Waals surface area contributed by atoms with Crippen molar-refractivity contribution in [2.75, 3.05) is 26.3 Å². The Labute approximate surface area is 111 Å². The molecule has 0 saturated carbocycles. The van der Waals surface area contributed by atoms with Gasteiger partial charge in [0.25, 0.3) is 0 Å². The van der Waals surface area contributed by atoms with Gasteiger partial charge in [0.1, 0.15) is 0 Å². The fraction of sp³-hybridized carbons (Fsp3) is 0.929. The maximum absolute atomic E-state index is 10.2. The van der Waals surface area contributed by atoms with Gasteiger partial charge in [0.05, 0.1) is 6.42 Å². The highest BCUT2D eigenvalue weighted by Gasteiger charge is 1.96. The van der Waals surface area contributed by atoms with E-state index in [1.807, 2.05) is 0 Å². The van der Waals surface area contributed by atoms with E-state index in [9.17, 15) is 4.79 Å². The lowest BCUT2D eigenvalue weighted by molar-refractivity contribution is -0.136. The second-order valence-corrected chi connectivity index (χ2v) is 5.10. The molecule has 0 atom stereocenters. The maximum atomic E-state index is 10.2. The Bertz CT molecular complexity index is 195. The summed E-state index contributed by atoms with van der Waals surface area (Å²) in [6.45, 7) is 7.52. The van der Waals surface area contributed by atoms with Crippen molar-refractivity contribution < 1.29 is 14.6 Å². The summed E-state index contributed by atoms with van der Waals surface area (Å²) in [7, 11) is 0. The van der Waals surface area contributed by atoms with Gasteiger partial charge in [-0.15, -0.1) is 0 Å². The minimum Gasteiger partial charge on any atom is -0.481 e. The van der Waals surface area contributed by atoms with Crippen LogP contribution in [-0.4, -0.2) is 37.4 Å². The number of rotatable bonds is 13. The van der Waals surface area contributed by atoms with Crippen LogP contribution in [-0.2, 0) is 9.53 Å². The van der Waals surface area contributed by atoms with Gasteiger partial charge in [-0.1, -0.05) is 33.1 Å². The van der Waals surface area contributed by atoms with Crippen molar-refractivity contribution in [1.29, 1.82) is 0 Å². The number of ether oxygens (including phenoxy) is 1. The average Bonchev–Trinajstić information content (AvgIpc) is 2.29. The molecule has 0 bridgehead atoms. The van der Waals surface area contributed by atoms with E-state index in [4.69, 9.17) is 9.84 Å². The molecule has 0 spiro atoms. The topological polar surface area (TPSA) is 58.6 Å². The summed E-state index contributed by atoms with van der Waals surface area (Å²) in [4.78, 5) is 10.2. The Morgan fingerprint density at radius 2 is 1.83 bits per heavy atom. The van der Waals surface area contributed by atoms with Crippen molar-refractivity contribution in [3.05, 3.63) is 0 Å². The molecule has 0 amide bonds. The number of carboxylic acid groups (broad SMARTS) is 1. The van der Waals surface area contributed by atoms with Crippen molar-refractivity contribution in [1.82, 2.24) is 5.32 Å². The van der Waals surface area contributed by atoms with Crippen molar-refractivity contribution >= 4 is 5.97 Å². The van der Waals surface area contributed by atoms with Crippen LogP contribution in [0.2, 0.25) is 0 Å².